The lowest BCUT2D eigenvalue weighted by atomic mass is 10.1. The number of rotatable bonds is 4. The number of pyridine rings is 1. The first-order chi connectivity index (χ1) is 9.83. The van der Waals surface area contributed by atoms with E-state index in [2.05, 4.69) is 17.2 Å². The zero-order chi connectivity index (χ0) is 13.8. The Morgan fingerprint density at radius 3 is 2.75 bits per heavy atom. The molecule has 2 heterocycles. The van der Waals surface area contributed by atoms with Crippen molar-refractivity contribution in [2.45, 2.75) is 19.1 Å². The predicted octanol–water partition coefficient (Wildman–Crippen LogP) is 2.57. The zero-order valence-corrected chi connectivity index (χ0v) is 11.5. The maximum absolute atomic E-state index is 5.92. The smallest absolute Gasteiger partial charge is 0.161 e. The van der Waals surface area contributed by atoms with Crippen LogP contribution in [0.15, 0.2) is 48.8 Å². The third-order valence-corrected chi connectivity index (χ3v) is 3.43. The van der Waals surface area contributed by atoms with Gasteiger partial charge in [-0.25, -0.2) is 0 Å². The van der Waals surface area contributed by atoms with Crippen LogP contribution in [0.2, 0.25) is 0 Å². The van der Waals surface area contributed by atoms with Crippen LogP contribution in [-0.2, 0) is 0 Å². The topological polar surface area (TPSA) is 43.4 Å². The fourth-order valence-corrected chi connectivity index (χ4v) is 2.24. The minimum Gasteiger partial charge on any atom is -0.486 e. The summed E-state index contributed by atoms with van der Waals surface area (Å²) in [5, 5.41) is 3.47. The summed E-state index contributed by atoms with van der Waals surface area (Å²) >= 11 is 0. The van der Waals surface area contributed by atoms with Crippen LogP contribution in [0.25, 0.3) is 0 Å². The fourth-order valence-electron chi connectivity index (χ4n) is 2.24. The summed E-state index contributed by atoms with van der Waals surface area (Å²) in [5.74, 6) is 1.65. The third-order valence-electron chi connectivity index (χ3n) is 3.43. The van der Waals surface area contributed by atoms with Crippen LogP contribution in [0, 0.1) is 0 Å². The molecule has 4 nitrogen and oxygen atoms in total. The molecule has 0 bridgehead atoms. The van der Waals surface area contributed by atoms with Gasteiger partial charge in [0.15, 0.2) is 11.5 Å². The molecule has 0 fully saturated rings. The van der Waals surface area contributed by atoms with E-state index in [0.717, 1.165) is 18.0 Å². The molecular weight excluding hydrogens is 252 g/mol. The molecular formula is C16H18N2O2. The molecule has 1 aromatic heterocycles. The van der Waals surface area contributed by atoms with Gasteiger partial charge >= 0.3 is 0 Å². The molecule has 1 aliphatic rings. The number of fused-ring (bicyclic) bond motifs is 1. The molecule has 3 rings (SSSR count). The minimum atomic E-state index is 0.0363. The second kappa shape index (κ2) is 5.92. The number of nitrogens with zero attached hydrogens (tertiary/aromatic N) is 1. The van der Waals surface area contributed by atoms with Gasteiger partial charge < -0.3 is 14.8 Å². The van der Waals surface area contributed by atoms with E-state index in [-0.39, 0.29) is 12.1 Å². The quantitative estimate of drug-likeness (QED) is 0.927. The van der Waals surface area contributed by atoms with Crippen LogP contribution < -0.4 is 14.8 Å². The van der Waals surface area contributed by atoms with E-state index in [4.69, 9.17) is 9.47 Å². The summed E-state index contributed by atoms with van der Waals surface area (Å²) in [6, 6.07) is 12.1. The zero-order valence-electron chi connectivity index (χ0n) is 11.5. The molecule has 2 atom stereocenters. The van der Waals surface area contributed by atoms with Gasteiger partial charge in [-0.1, -0.05) is 12.1 Å². The Morgan fingerprint density at radius 1 is 1.20 bits per heavy atom. The van der Waals surface area contributed by atoms with E-state index in [0.29, 0.717) is 6.61 Å². The molecule has 2 aromatic rings. The van der Waals surface area contributed by atoms with Gasteiger partial charge in [-0.05, 0) is 36.8 Å². The van der Waals surface area contributed by atoms with Gasteiger partial charge in [-0.15, -0.1) is 0 Å². The van der Waals surface area contributed by atoms with Gasteiger partial charge in [0.25, 0.3) is 0 Å². The summed E-state index contributed by atoms with van der Waals surface area (Å²) in [7, 11) is 0. The predicted molar refractivity (Wildman–Crippen MR) is 77.0 cm³/mol. The van der Waals surface area contributed by atoms with Gasteiger partial charge in [0, 0.05) is 25.0 Å². The van der Waals surface area contributed by atoms with Crippen LogP contribution in [0.4, 0.5) is 0 Å². The Labute approximate surface area is 118 Å². The molecule has 4 heteroatoms. The third kappa shape index (κ3) is 2.91. The summed E-state index contributed by atoms with van der Waals surface area (Å²) in [5.41, 5.74) is 1.22. The van der Waals surface area contributed by atoms with E-state index >= 15 is 0 Å². The van der Waals surface area contributed by atoms with Gasteiger partial charge in [0.1, 0.15) is 12.7 Å². The molecule has 20 heavy (non-hydrogen) atoms. The molecule has 0 amide bonds. The Balaban J connectivity index is 1.55. The van der Waals surface area contributed by atoms with E-state index in [1.807, 2.05) is 48.8 Å². The Hall–Kier alpha value is -2.07. The number of nitrogens with one attached hydrogen (secondary N) is 1. The summed E-state index contributed by atoms with van der Waals surface area (Å²) in [6.07, 6.45) is 3.66. The van der Waals surface area contributed by atoms with Crippen molar-refractivity contribution in [1.82, 2.24) is 10.3 Å². The number of hydrogen-bond donors (Lipinski definition) is 1. The van der Waals surface area contributed by atoms with Crippen molar-refractivity contribution in [2.75, 3.05) is 13.2 Å². The number of aromatic nitrogens is 1. The number of benzene rings is 1. The lowest BCUT2D eigenvalue weighted by Crippen LogP contribution is -2.39. The largest absolute Gasteiger partial charge is 0.486 e. The highest BCUT2D eigenvalue weighted by Gasteiger charge is 2.20. The molecule has 1 N–H and O–H groups in total. The highest BCUT2D eigenvalue weighted by molar-refractivity contribution is 5.40. The molecule has 1 aliphatic heterocycles. The average Bonchev–Trinajstić information content (AvgIpc) is 2.53. The molecule has 0 saturated heterocycles. The van der Waals surface area contributed by atoms with Crippen LogP contribution in [0.3, 0.4) is 0 Å². The maximum Gasteiger partial charge on any atom is 0.161 e. The molecule has 0 unspecified atom stereocenters. The molecule has 0 saturated carbocycles. The summed E-state index contributed by atoms with van der Waals surface area (Å²) in [6.45, 7) is 3.46. The van der Waals surface area contributed by atoms with Crippen molar-refractivity contribution in [3.8, 4) is 11.5 Å². The van der Waals surface area contributed by atoms with E-state index < -0.39 is 0 Å². The molecule has 0 aliphatic carbocycles. The molecule has 0 spiro atoms. The second-order valence-electron chi connectivity index (χ2n) is 4.91. The van der Waals surface area contributed by atoms with Gasteiger partial charge in [-0.2, -0.15) is 0 Å². The normalized spacial score (nSPS) is 18.6. The Bertz CT molecular complexity index is 559. The van der Waals surface area contributed by atoms with E-state index in [1.54, 1.807) is 0 Å². The van der Waals surface area contributed by atoms with Crippen molar-refractivity contribution in [1.29, 1.82) is 0 Å². The maximum atomic E-state index is 5.92. The average molecular weight is 270 g/mol. The van der Waals surface area contributed by atoms with E-state index in [9.17, 15) is 0 Å². The first-order valence-corrected chi connectivity index (χ1v) is 6.85. The van der Waals surface area contributed by atoms with Crippen molar-refractivity contribution < 1.29 is 9.47 Å². The van der Waals surface area contributed by atoms with Gasteiger partial charge in [0.2, 0.25) is 0 Å². The second-order valence-corrected chi connectivity index (χ2v) is 4.91. The van der Waals surface area contributed by atoms with Gasteiger partial charge in [0.05, 0.1) is 0 Å². The fraction of sp³-hybridized carbons (Fsp3) is 0.312. The SMILES string of the molecule is C[C@H](NC[C@@H]1COc2ccccc2O1)c1ccncc1. The van der Waals surface area contributed by atoms with Crippen LogP contribution in [-0.4, -0.2) is 24.2 Å². The standard InChI is InChI=1S/C16H18N2O2/c1-12(13-6-8-17-9-7-13)18-10-14-11-19-15-4-2-3-5-16(15)20-14/h2-9,12,14,18H,10-11H2,1H3/t12-,14+/m0/s1. The van der Waals surface area contributed by atoms with Crippen LogP contribution in [0.5, 0.6) is 11.5 Å². The molecule has 1 aromatic carbocycles. The lowest BCUT2D eigenvalue weighted by molar-refractivity contribution is 0.0886. The van der Waals surface area contributed by atoms with Crippen molar-refractivity contribution in [2.24, 2.45) is 0 Å². The summed E-state index contributed by atoms with van der Waals surface area (Å²) in [4.78, 5) is 4.03. The number of para-hydroxylation sites is 2. The van der Waals surface area contributed by atoms with Crippen molar-refractivity contribution >= 4 is 0 Å². The van der Waals surface area contributed by atoms with Crippen molar-refractivity contribution in [3.05, 3.63) is 54.4 Å². The Morgan fingerprint density at radius 2 is 1.95 bits per heavy atom. The Kier molecular flexibility index (Phi) is 3.83. The highest BCUT2D eigenvalue weighted by Crippen LogP contribution is 2.30. The molecule has 104 valence electrons. The minimum absolute atomic E-state index is 0.0363. The van der Waals surface area contributed by atoms with Gasteiger partial charge in [-0.3, -0.25) is 4.98 Å². The van der Waals surface area contributed by atoms with Crippen molar-refractivity contribution in [3.63, 3.8) is 0 Å². The molecule has 0 radical (unpaired) electrons. The van der Waals surface area contributed by atoms with E-state index in [1.165, 1.54) is 5.56 Å². The number of ether oxygens (including phenoxy) is 2. The first kappa shape index (κ1) is 12.9. The summed E-state index contributed by atoms with van der Waals surface area (Å²) < 4.78 is 11.6. The lowest BCUT2D eigenvalue weighted by Gasteiger charge is -2.27. The number of hydrogen-bond acceptors (Lipinski definition) is 4. The first-order valence-electron chi connectivity index (χ1n) is 6.85. The monoisotopic (exact) mass is 270 g/mol. The highest BCUT2D eigenvalue weighted by atomic mass is 16.6. The van der Waals surface area contributed by atoms with Crippen LogP contribution in [0.1, 0.15) is 18.5 Å². The van der Waals surface area contributed by atoms with Crippen LogP contribution >= 0.6 is 0 Å².